The van der Waals surface area contributed by atoms with Crippen LogP contribution >= 0.6 is 0 Å². The molecule has 4 aromatic rings. The van der Waals surface area contributed by atoms with E-state index in [0.717, 1.165) is 22.6 Å². The first-order chi connectivity index (χ1) is 11.2. The van der Waals surface area contributed by atoms with Gasteiger partial charge in [0.05, 0.1) is 12.0 Å². The maximum Gasteiger partial charge on any atom is 0.254 e. The first-order valence-electron chi connectivity index (χ1n) is 7.27. The van der Waals surface area contributed by atoms with E-state index in [9.17, 15) is 0 Å². The summed E-state index contributed by atoms with van der Waals surface area (Å²) in [6, 6.07) is 11.9. The van der Waals surface area contributed by atoms with Gasteiger partial charge in [0.15, 0.2) is 11.5 Å². The smallest absolute Gasteiger partial charge is 0.254 e. The predicted molar refractivity (Wildman–Crippen MR) is 88.0 cm³/mol. The zero-order valence-corrected chi connectivity index (χ0v) is 12.8. The lowest BCUT2D eigenvalue weighted by molar-refractivity contribution is 0.780. The Balaban J connectivity index is 1.86. The average Bonchev–Trinajstić information content (AvgIpc) is 3.14. The second-order valence-electron chi connectivity index (χ2n) is 5.30. The number of fused-ring (bicyclic) bond motifs is 1. The normalized spacial score (nSPS) is 11.0. The van der Waals surface area contributed by atoms with Gasteiger partial charge in [-0.15, -0.1) is 0 Å². The highest BCUT2D eigenvalue weighted by molar-refractivity contribution is 5.85. The second kappa shape index (κ2) is 5.20. The van der Waals surface area contributed by atoms with Crippen molar-refractivity contribution in [3.63, 3.8) is 0 Å². The fourth-order valence-electron chi connectivity index (χ4n) is 2.50. The molecule has 0 spiro atoms. The number of aromatic amines is 1. The highest BCUT2D eigenvalue weighted by Gasteiger charge is 2.13. The van der Waals surface area contributed by atoms with Crippen molar-refractivity contribution in [2.45, 2.75) is 13.8 Å². The van der Waals surface area contributed by atoms with Crippen LogP contribution in [0, 0.1) is 13.8 Å². The zero-order valence-electron chi connectivity index (χ0n) is 12.8. The van der Waals surface area contributed by atoms with Crippen LogP contribution in [0.3, 0.4) is 0 Å². The van der Waals surface area contributed by atoms with Gasteiger partial charge in [-0.2, -0.15) is 15.1 Å². The molecule has 7 heteroatoms. The molecule has 1 aromatic carbocycles. The number of imidazole rings is 1. The fourth-order valence-corrected chi connectivity index (χ4v) is 2.50. The third kappa shape index (κ3) is 2.42. The highest BCUT2D eigenvalue weighted by Crippen LogP contribution is 2.22. The zero-order chi connectivity index (χ0) is 15.8. The van der Waals surface area contributed by atoms with Gasteiger partial charge in [-0.3, -0.25) is 0 Å². The summed E-state index contributed by atoms with van der Waals surface area (Å²) in [5, 5.41) is 7.75. The lowest BCUT2D eigenvalue weighted by Gasteiger charge is -2.09. The van der Waals surface area contributed by atoms with Crippen LogP contribution in [0.5, 0.6) is 0 Å². The van der Waals surface area contributed by atoms with Gasteiger partial charge in [0, 0.05) is 11.4 Å². The number of aromatic nitrogens is 6. The molecule has 0 aliphatic heterocycles. The Labute approximate surface area is 132 Å². The molecule has 0 radical (unpaired) electrons. The number of para-hydroxylation sites is 1. The largest absolute Gasteiger partial charge is 0.340 e. The number of nitrogens with zero attached hydrogens (tertiary/aromatic N) is 5. The number of anilines is 2. The minimum atomic E-state index is 0.494. The van der Waals surface area contributed by atoms with Crippen LogP contribution in [0.15, 0.2) is 42.7 Å². The molecular weight excluding hydrogens is 290 g/mol. The minimum Gasteiger partial charge on any atom is -0.340 e. The molecule has 0 aliphatic rings. The van der Waals surface area contributed by atoms with Crippen molar-refractivity contribution in [1.29, 1.82) is 0 Å². The second-order valence-corrected chi connectivity index (χ2v) is 5.30. The molecule has 7 nitrogen and oxygen atoms in total. The van der Waals surface area contributed by atoms with Crippen LogP contribution in [-0.2, 0) is 0 Å². The van der Waals surface area contributed by atoms with Gasteiger partial charge in [-0.05, 0) is 32.0 Å². The van der Waals surface area contributed by atoms with E-state index in [1.54, 1.807) is 11.0 Å². The number of hydrogen-bond acceptors (Lipinski definition) is 5. The lowest BCUT2D eigenvalue weighted by Crippen LogP contribution is -2.07. The molecule has 23 heavy (non-hydrogen) atoms. The topological polar surface area (TPSA) is 84.3 Å². The van der Waals surface area contributed by atoms with Gasteiger partial charge in [0.2, 0.25) is 0 Å². The van der Waals surface area contributed by atoms with Gasteiger partial charge < -0.3 is 10.3 Å². The summed E-state index contributed by atoms with van der Waals surface area (Å²) in [4.78, 5) is 16.4. The van der Waals surface area contributed by atoms with E-state index < -0.39 is 0 Å². The van der Waals surface area contributed by atoms with Crippen LogP contribution in [0.4, 0.5) is 11.5 Å². The quantitative estimate of drug-likeness (QED) is 0.608. The molecule has 0 saturated carbocycles. The number of nitrogens with one attached hydrogen (secondary N) is 2. The third-order valence-corrected chi connectivity index (χ3v) is 3.51. The first-order valence-corrected chi connectivity index (χ1v) is 7.27. The molecule has 0 bridgehead atoms. The van der Waals surface area contributed by atoms with Crippen molar-refractivity contribution in [3.8, 4) is 5.95 Å². The molecular formula is C16H15N7. The molecule has 114 valence electrons. The molecule has 3 aromatic heterocycles. The summed E-state index contributed by atoms with van der Waals surface area (Å²) in [5.41, 5.74) is 4.20. The van der Waals surface area contributed by atoms with E-state index in [1.807, 2.05) is 50.2 Å². The minimum absolute atomic E-state index is 0.494. The van der Waals surface area contributed by atoms with Crippen molar-refractivity contribution in [3.05, 3.63) is 54.1 Å². The molecule has 0 fully saturated rings. The summed E-state index contributed by atoms with van der Waals surface area (Å²) in [5.74, 6) is 1.16. The van der Waals surface area contributed by atoms with Crippen LogP contribution < -0.4 is 5.32 Å². The van der Waals surface area contributed by atoms with Gasteiger partial charge in [-0.1, -0.05) is 18.2 Å². The maximum atomic E-state index is 4.62. The van der Waals surface area contributed by atoms with Crippen LogP contribution in [0.25, 0.3) is 17.1 Å². The van der Waals surface area contributed by atoms with Crippen molar-refractivity contribution in [2.24, 2.45) is 0 Å². The SMILES string of the molecule is Cc1cc(C)n(-c2nc(Nc3ccccc3)c3[nH]cnc3n2)n1. The maximum absolute atomic E-state index is 4.62. The Morgan fingerprint density at radius 3 is 2.65 bits per heavy atom. The summed E-state index contributed by atoms with van der Waals surface area (Å²) in [6.45, 7) is 3.92. The number of benzene rings is 1. The number of rotatable bonds is 3. The van der Waals surface area contributed by atoms with Gasteiger partial charge >= 0.3 is 0 Å². The summed E-state index contributed by atoms with van der Waals surface area (Å²) >= 11 is 0. The van der Waals surface area contributed by atoms with E-state index in [0.29, 0.717) is 17.4 Å². The standard InChI is InChI=1S/C16H15N7/c1-10-8-11(2)23(22-10)16-20-14-13(17-9-18-14)15(21-16)19-12-6-4-3-5-7-12/h3-9H,1-2H3,(H2,17,18,19,20,21). The van der Waals surface area contributed by atoms with Crippen molar-refractivity contribution >= 4 is 22.7 Å². The Morgan fingerprint density at radius 1 is 1.09 bits per heavy atom. The summed E-state index contributed by atoms with van der Waals surface area (Å²) in [6.07, 6.45) is 1.61. The highest BCUT2D eigenvalue weighted by atomic mass is 15.4. The number of aryl methyl sites for hydroxylation is 2. The lowest BCUT2D eigenvalue weighted by atomic mass is 10.3. The van der Waals surface area contributed by atoms with E-state index in [-0.39, 0.29) is 0 Å². The Kier molecular flexibility index (Phi) is 3.04. The Bertz CT molecular complexity index is 969. The Morgan fingerprint density at radius 2 is 1.91 bits per heavy atom. The van der Waals surface area contributed by atoms with Crippen molar-refractivity contribution < 1.29 is 0 Å². The molecule has 4 rings (SSSR count). The van der Waals surface area contributed by atoms with E-state index >= 15 is 0 Å². The molecule has 0 saturated heterocycles. The summed E-state index contributed by atoms with van der Waals surface area (Å²) < 4.78 is 1.72. The van der Waals surface area contributed by atoms with Gasteiger partial charge in [0.25, 0.3) is 5.95 Å². The van der Waals surface area contributed by atoms with Crippen LogP contribution in [0.2, 0.25) is 0 Å². The van der Waals surface area contributed by atoms with Crippen LogP contribution in [-0.4, -0.2) is 29.7 Å². The third-order valence-electron chi connectivity index (χ3n) is 3.51. The van der Waals surface area contributed by atoms with E-state index in [1.165, 1.54) is 0 Å². The molecule has 0 amide bonds. The molecule has 2 N–H and O–H groups in total. The van der Waals surface area contributed by atoms with E-state index in [2.05, 4.69) is 30.4 Å². The number of hydrogen-bond donors (Lipinski definition) is 2. The number of H-pyrrole nitrogens is 1. The molecule has 3 heterocycles. The summed E-state index contributed by atoms with van der Waals surface area (Å²) in [7, 11) is 0. The van der Waals surface area contributed by atoms with Crippen molar-refractivity contribution in [2.75, 3.05) is 5.32 Å². The monoisotopic (exact) mass is 305 g/mol. The van der Waals surface area contributed by atoms with E-state index in [4.69, 9.17) is 0 Å². The average molecular weight is 305 g/mol. The van der Waals surface area contributed by atoms with Crippen molar-refractivity contribution in [1.82, 2.24) is 29.7 Å². The molecule has 0 atom stereocenters. The van der Waals surface area contributed by atoms with Gasteiger partial charge in [-0.25, -0.2) is 9.67 Å². The molecule has 0 aliphatic carbocycles. The first kappa shape index (κ1) is 13.4. The Hall–Kier alpha value is -3.22. The molecule has 0 unspecified atom stereocenters. The predicted octanol–water partition coefficient (Wildman–Crippen LogP) is 2.90. The fraction of sp³-hybridized carbons (Fsp3) is 0.125. The van der Waals surface area contributed by atoms with Gasteiger partial charge in [0.1, 0.15) is 5.52 Å². The van der Waals surface area contributed by atoms with Crippen LogP contribution in [0.1, 0.15) is 11.4 Å².